The number of carbonyl (C=O) groups is 1. The number of phenols is 1. The minimum absolute atomic E-state index is 0.0504. The highest BCUT2D eigenvalue weighted by atomic mass is 16.6. The number of phenolic OH excluding ortho intramolecular Hbond substituents is 1. The van der Waals surface area contributed by atoms with Crippen LogP contribution in [0, 0.1) is 0 Å². The molecule has 0 aliphatic carbocycles. The molecule has 3 heterocycles. The van der Waals surface area contributed by atoms with Crippen molar-refractivity contribution in [2.75, 3.05) is 12.3 Å². The summed E-state index contributed by atoms with van der Waals surface area (Å²) in [6, 6.07) is 4.12. The lowest BCUT2D eigenvalue weighted by Crippen LogP contribution is -2.38. The maximum absolute atomic E-state index is 13.3. The number of piperidine rings is 1. The lowest BCUT2D eigenvalue weighted by Gasteiger charge is -2.33. The van der Waals surface area contributed by atoms with Crippen molar-refractivity contribution in [1.82, 2.24) is 35.6 Å². The van der Waals surface area contributed by atoms with Gasteiger partial charge in [-0.05, 0) is 65.1 Å². The lowest BCUT2D eigenvalue weighted by molar-refractivity contribution is 0.0945. The number of hydrazone groups is 1. The topological polar surface area (TPSA) is 161 Å². The number of aromatic hydroxyl groups is 1. The van der Waals surface area contributed by atoms with E-state index in [-0.39, 0.29) is 33.9 Å². The maximum atomic E-state index is 13.3. The van der Waals surface area contributed by atoms with E-state index in [9.17, 15) is 9.90 Å². The number of carbonyl (C=O) groups excluding carboxylic acids is 1. The molecule has 12 heteroatoms. The standard InChI is InChI=1S/C27H39N9O3/c1-16-10-8-9-11-35(16)15-20-21(30-34-36(20)24-23(28)32-39-33-24)25(38)31-29-14-17-12-18(26(2,3)4)22(37)19(13-17)27(5,6)7/h12-14,16,37H,8-11,15H2,1-7H3,(H2,28,32)(H,31,38). The van der Waals surface area contributed by atoms with Gasteiger partial charge in [0, 0.05) is 23.7 Å². The summed E-state index contributed by atoms with van der Waals surface area (Å²) in [5, 5.41) is 30.9. The smallest absolute Gasteiger partial charge is 0.293 e. The highest BCUT2D eigenvalue weighted by Gasteiger charge is 2.29. The van der Waals surface area contributed by atoms with Gasteiger partial charge in [-0.2, -0.15) is 9.78 Å². The molecule has 4 rings (SSSR count). The molecule has 1 aliphatic rings. The Balaban J connectivity index is 1.63. The van der Waals surface area contributed by atoms with Gasteiger partial charge in [0.1, 0.15) is 5.75 Å². The second-order valence-electron chi connectivity index (χ2n) is 12.2. The third-order valence-electron chi connectivity index (χ3n) is 7.10. The molecule has 1 unspecified atom stereocenters. The van der Waals surface area contributed by atoms with Gasteiger partial charge in [-0.15, -0.1) is 5.10 Å². The van der Waals surface area contributed by atoms with Crippen LogP contribution in [0.5, 0.6) is 5.75 Å². The fourth-order valence-electron chi connectivity index (χ4n) is 4.81. The molecule has 1 amide bonds. The third kappa shape index (κ3) is 6.11. The van der Waals surface area contributed by atoms with Crippen molar-refractivity contribution in [2.24, 2.45) is 5.10 Å². The van der Waals surface area contributed by atoms with Gasteiger partial charge in [0.05, 0.1) is 11.9 Å². The van der Waals surface area contributed by atoms with Gasteiger partial charge in [-0.3, -0.25) is 9.69 Å². The second-order valence-corrected chi connectivity index (χ2v) is 12.2. The van der Waals surface area contributed by atoms with Crippen LogP contribution in [0.25, 0.3) is 5.82 Å². The Hall–Kier alpha value is -3.80. The van der Waals surface area contributed by atoms with Gasteiger partial charge in [0.25, 0.3) is 5.91 Å². The molecule has 1 fully saturated rings. The van der Waals surface area contributed by atoms with E-state index in [2.05, 4.69) is 43.0 Å². The largest absolute Gasteiger partial charge is 0.507 e. The second kappa shape index (κ2) is 10.8. The first-order valence-electron chi connectivity index (χ1n) is 13.3. The molecule has 0 radical (unpaired) electrons. The minimum atomic E-state index is -0.516. The van der Waals surface area contributed by atoms with Gasteiger partial charge in [-0.25, -0.2) is 10.1 Å². The number of rotatable bonds is 6. The molecule has 0 bridgehead atoms. The highest BCUT2D eigenvalue weighted by molar-refractivity contribution is 5.94. The van der Waals surface area contributed by atoms with E-state index >= 15 is 0 Å². The van der Waals surface area contributed by atoms with Crippen LogP contribution in [0.4, 0.5) is 5.82 Å². The summed E-state index contributed by atoms with van der Waals surface area (Å²) in [5.41, 5.74) is 10.9. The molecule has 0 spiro atoms. The summed E-state index contributed by atoms with van der Waals surface area (Å²) < 4.78 is 6.16. The van der Waals surface area contributed by atoms with Crippen LogP contribution >= 0.6 is 0 Å². The van der Waals surface area contributed by atoms with Crippen LogP contribution in [0.3, 0.4) is 0 Å². The Kier molecular flexibility index (Phi) is 7.78. The molecule has 2 aromatic heterocycles. The number of amides is 1. The van der Waals surface area contributed by atoms with Crippen LogP contribution in [0.2, 0.25) is 0 Å². The van der Waals surface area contributed by atoms with Crippen molar-refractivity contribution in [3.8, 4) is 11.6 Å². The summed E-state index contributed by atoms with van der Waals surface area (Å²) in [4.78, 5) is 15.5. The average molecular weight is 538 g/mol. The number of hydrogen-bond acceptors (Lipinski definition) is 10. The zero-order chi connectivity index (χ0) is 28.5. The van der Waals surface area contributed by atoms with Crippen molar-refractivity contribution in [3.63, 3.8) is 0 Å². The lowest BCUT2D eigenvalue weighted by atomic mass is 9.78. The van der Waals surface area contributed by atoms with Crippen molar-refractivity contribution >= 4 is 17.9 Å². The van der Waals surface area contributed by atoms with E-state index in [1.807, 2.05) is 53.7 Å². The summed E-state index contributed by atoms with van der Waals surface area (Å²) in [5.74, 6) is -0.00302. The molecule has 12 nitrogen and oxygen atoms in total. The maximum Gasteiger partial charge on any atom is 0.293 e. The van der Waals surface area contributed by atoms with Crippen LogP contribution in [0.15, 0.2) is 21.9 Å². The van der Waals surface area contributed by atoms with Crippen LogP contribution in [-0.4, -0.2) is 60.0 Å². The first-order chi connectivity index (χ1) is 18.3. The number of nitrogen functional groups attached to an aromatic ring is 1. The van der Waals surface area contributed by atoms with Crippen molar-refractivity contribution < 1.29 is 14.5 Å². The number of nitrogens with one attached hydrogen (secondary N) is 1. The monoisotopic (exact) mass is 537 g/mol. The Morgan fingerprint density at radius 2 is 1.85 bits per heavy atom. The number of hydrogen-bond donors (Lipinski definition) is 3. The summed E-state index contributed by atoms with van der Waals surface area (Å²) in [7, 11) is 0. The number of aromatic nitrogens is 5. The summed E-state index contributed by atoms with van der Waals surface area (Å²) >= 11 is 0. The molecule has 1 aromatic carbocycles. The van der Waals surface area contributed by atoms with Crippen molar-refractivity contribution in [3.05, 3.63) is 40.2 Å². The number of likely N-dealkylation sites (tertiary alicyclic amines) is 1. The quantitative estimate of drug-likeness (QED) is 0.315. The third-order valence-corrected chi connectivity index (χ3v) is 7.10. The minimum Gasteiger partial charge on any atom is -0.507 e. The molecular formula is C27H39N9O3. The molecule has 4 N–H and O–H groups in total. The zero-order valence-corrected chi connectivity index (χ0v) is 23.8. The van der Waals surface area contributed by atoms with Crippen LogP contribution in [-0.2, 0) is 17.4 Å². The fraction of sp³-hybridized carbons (Fsp3) is 0.556. The molecule has 39 heavy (non-hydrogen) atoms. The molecule has 1 saturated heterocycles. The normalized spacial score (nSPS) is 17.2. The van der Waals surface area contributed by atoms with Gasteiger partial charge in [0.15, 0.2) is 5.69 Å². The van der Waals surface area contributed by atoms with Gasteiger partial charge in [0.2, 0.25) is 11.6 Å². The average Bonchev–Trinajstić information content (AvgIpc) is 3.45. The molecule has 210 valence electrons. The predicted octanol–water partition coefficient (Wildman–Crippen LogP) is 3.67. The van der Waals surface area contributed by atoms with E-state index in [1.165, 1.54) is 11.1 Å². The van der Waals surface area contributed by atoms with Crippen LogP contribution in [0.1, 0.15) is 101 Å². The van der Waals surface area contributed by atoms with Gasteiger partial charge >= 0.3 is 0 Å². The number of anilines is 1. The van der Waals surface area contributed by atoms with E-state index in [0.717, 1.165) is 36.1 Å². The number of nitrogens with zero attached hydrogens (tertiary/aromatic N) is 7. The van der Waals surface area contributed by atoms with Crippen LogP contribution < -0.4 is 11.2 Å². The first kappa shape index (κ1) is 28.2. The fourth-order valence-corrected chi connectivity index (χ4v) is 4.81. The Bertz CT molecular complexity index is 1330. The van der Waals surface area contributed by atoms with E-state index < -0.39 is 5.91 Å². The molecule has 1 atom stereocenters. The molecular weight excluding hydrogens is 498 g/mol. The first-order valence-corrected chi connectivity index (χ1v) is 13.3. The Labute approximate surface area is 228 Å². The van der Waals surface area contributed by atoms with E-state index in [1.54, 1.807) is 6.21 Å². The molecule has 0 saturated carbocycles. The van der Waals surface area contributed by atoms with E-state index in [0.29, 0.717) is 18.3 Å². The zero-order valence-electron chi connectivity index (χ0n) is 23.8. The van der Waals surface area contributed by atoms with Gasteiger partial charge < -0.3 is 10.8 Å². The predicted molar refractivity (Wildman–Crippen MR) is 148 cm³/mol. The molecule has 1 aliphatic heterocycles. The number of nitrogens with two attached hydrogens (primary N) is 1. The van der Waals surface area contributed by atoms with Crippen molar-refractivity contribution in [1.29, 1.82) is 0 Å². The summed E-state index contributed by atoms with van der Waals surface area (Å²) in [6.07, 6.45) is 4.88. The van der Waals surface area contributed by atoms with E-state index in [4.69, 9.17) is 10.4 Å². The van der Waals surface area contributed by atoms with Gasteiger partial charge in [-0.1, -0.05) is 53.2 Å². The molecule has 3 aromatic rings. The highest BCUT2D eigenvalue weighted by Crippen LogP contribution is 2.39. The summed E-state index contributed by atoms with van der Waals surface area (Å²) in [6.45, 7) is 15.7. The Morgan fingerprint density at radius 1 is 1.18 bits per heavy atom. The van der Waals surface area contributed by atoms with Crippen molar-refractivity contribution in [2.45, 2.75) is 91.1 Å². The SMILES string of the molecule is CC1CCCCN1Cc1c(C(=O)NN=Cc2cc(C(C)(C)C)c(O)c(C(C)(C)C)c2)nnn1-c1nonc1N. The Morgan fingerprint density at radius 3 is 2.41 bits per heavy atom. The number of benzene rings is 1.